The molecule has 0 amide bonds. The van der Waals surface area contributed by atoms with Crippen molar-refractivity contribution in [1.82, 2.24) is 9.88 Å². The number of hydrogen-bond acceptors (Lipinski definition) is 12. The van der Waals surface area contributed by atoms with Gasteiger partial charge in [-0.05, 0) is 60.9 Å². The second-order valence-electron chi connectivity index (χ2n) is 12.6. The first kappa shape index (κ1) is 37.7. The molecule has 1 N–H and O–H groups in total. The zero-order chi connectivity index (χ0) is 37.0. The van der Waals surface area contributed by atoms with Gasteiger partial charge in [-0.2, -0.15) is 0 Å². The quantitative estimate of drug-likeness (QED) is 0.284. The summed E-state index contributed by atoms with van der Waals surface area (Å²) in [7, 11) is 5.97. The molecule has 2 aromatic carbocycles. The van der Waals surface area contributed by atoms with E-state index in [0.717, 1.165) is 48.0 Å². The molecule has 276 valence electrons. The fraction of sp³-hybridized carbons (Fsp3) is 0.459. The maximum atomic E-state index is 13.5. The molecule has 1 saturated heterocycles. The summed E-state index contributed by atoms with van der Waals surface area (Å²) >= 11 is 0. The third-order valence-electron chi connectivity index (χ3n) is 10.2. The number of esters is 2. The highest BCUT2D eigenvalue weighted by molar-refractivity contribution is 7.97. The lowest BCUT2D eigenvalue weighted by Gasteiger charge is -2.52. The number of nitrogens with zero attached hydrogens (tertiary/aromatic N) is 1. The highest BCUT2D eigenvalue weighted by Crippen LogP contribution is 2.51. The van der Waals surface area contributed by atoms with Crippen LogP contribution in [-0.4, -0.2) is 98.2 Å². The molecule has 0 spiro atoms. The number of carbonyl (C=O) groups is 2. The van der Waals surface area contributed by atoms with Crippen molar-refractivity contribution in [3.05, 3.63) is 71.1 Å². The summed E-state index contributed by atoms with van der Waals surface area (Å²) in [6.07, 6.45) is 0.920. The molecule has 51 heavy (non-hydrogen) atoms. The second kappa shape index (κ2) is 15.8. The first-order valence-electron chi connectivity index (χ1n) is 16.5. The van der Waals surface area contributed by atoms with E-state index in [4.69, 9.17) is 33.2 Å². The van der Waals surface area contributed by atoms with Crippen LogP contribution in [0.2, 0.25) is 0 Å². The van der Waals surface area contributed by atoms with Crippen LogP contribution in [0.15, 0.2) is 54.3 Å². The minimum atomic E-state index is -3.13. The van der Waals surface area contributed by atoms with Gasteiger partial charge in [-0.25, -0.2) is 13.2 Å². The van der Waals surface area contributed by atoms with Crippen molar-refractivity contribution in [3.8, 4) is 23.0 Å². The largest absolute Gasteiger partial charge is 0.497 e. The number of fused-ring (bicyclic) bond motifs is 6. The first-order chi connectivity index (χ1) is 24.5. The number of nitrogens with one attached hydrogen (secondary N) is 1. The average Bonchev–Trinajstić information content (AvgIpc) is 3.54. The van der Waals surface area contributed by atoms with Crippen molar-refractivity contribution in [2.24, 2.45) is 17.8 Å². The maximum Gasteiger partial charge on any atom is 0.338 e. The van der Waals surface area contributed by atoms with Gasteiger partial charge in [0.05, 0.1) is 53.1 Å². The summed E-state index contributed by atoms with van der Waals surface area (Å²) in [4.78, 5) is 33.1. The van der Waals surface area contributed by atoms with Gasteiger partial charge < -0.3 is 38.1 Å². The van der Waals surface area contributed by atoms with E-state index in [1.54, 1.807) is 26.4 Å². The number of aromatic amines is 1. The molecule has 3 heterocycles. The van der Waals surface area contributed by atoms with Gasteiger partial charge in [0.25, 0.3) is 0 Å². The Labute approximate surface area is 298 Å². The standard InChI is InChI=1S/C33H40N2O9.C4H6O2S/c1-38-19-7-8-20-21-9-10-35-16-18-13-27(44-32(36)17-11-25(39-2)30(41-4)26(12-17)40-3)31(42-5)28(33(37)43-6)22(18)15-24(35)29(21)34-23(20)14-19;1-3-7(5,6)4-2/h7-8,11-12,14,18,22,24,27-28,31,34H,9-10,13,15-16H2,1-6H3;3-4H,1-2H2/t18-,22+,24-,27-,28+,31+;/m1./s1. The predicted molar refractivity (Wildman–Crippen MR) is 190 cm³/mol. The van der Waals surface area contributed by atoms with Crippen molar-refractivity contribution >= 4 is 32.7 Å². The molecule has 1 saturated carbocycles. The summed E-state index contributed by atoms with van der Waals surface area (Å²) in [5.41, 5.74) is 3.83. The van der Waals surface area contributed by atoms with Crippen LogP contribution in [-0.2, 0) is 35.3 Å². The van der Waals surface area contributed by atoms with E-state index in [-0.39, 0.29) is 29.4 Å². The monoisotopic (exact) mass is 726 g/mol. The summed E-state index contributed by atoms with van der Waals surface area (Å²) < 4.78 is 59.4. The number of rotatable bonds is 10. The fourth-order valence-electron chi connectivity index (χ4n) is 7.83. The molecule has 14 heteroatoms. The van der Waals surface area contributed by atoms with Crippen LogP contribution in [0.4, 0.5) is 0 Å². The van der Waals surface area contributed by atoms with E-state index in [0.29, 0.717) is 23.7 Å². The lowest BCUT2D eigenvalue weighted by molar-refractivity contribution is -0.176. The number of benzene rings is 2. The molecule has 0 unspecified atom stereocenters. The molecule has 3 aliphatic rings. The summed E-state index contributed by atoms with van der Waals surface area (Å²) in [5, 5.41) is 2.91. The molecule has 2 fully saturated rings. The highest BCUT2D eigenvalue weighted by Gasteiger charge is 2.54. The molecule has 6 atom stereocenters. The summed E-state index contributed by atoms with van der Waals surface area (Å²) in [5.74, 6) is 0.441. The molecule has 0 bridgehead atoms. The zero-order valence-corrected chi connectivity index (χ0v) is 30.6. The van der Waals surface area contributed by atoms with Crippen LogP contribution in [0.3, 0.4) is 0 Å². The Hall–Kier alpha value is -4.53. The zero-order valence-electron chi connectivity index (χ0n) is 29.8. The van der Waals surface area contributed by atoms with Gasteiger partial charge in [0.1, 0.15) is 18.0 Å². The van der Waals surface area contributed by atoms with Gasteiger partial charge in [0.15, 0.2) is 21.3 Å². The molecule has 0 radical (unpaired) electrons. The lowest BCUT2D eigenvalue weighted by atomic mass is 9.63. The Kier molecular flexibility index (Phi) is 11.7. The van der Waals surface area contributed by atoms with E-state index < -0.39 is 33.9 Å². The molecule has 13 nitrogen and oxygen atoms in total. The Morgan fingerprint density at radius 3 is 2.16 bits per heavy atom. The third kappa shape index (κ3) is 7.44. The maximum absolute atomic E-state index is 13.5. The van der Waals surface area contributed by atoms with Crippen LogP contribution < -0.4 is 18.9 Å². The third-order valence-corrected chi connectivity index (χ3v) is 11.2. The number of piperidine rings is 1. The summed E-state index contributed by atoms with van der Waals surface area (Å²) in [6, 6.07) is 9.40. The van der Waals surface area contributed by atoms with Crippen LogP contribution in [0.1, 0.15) is 40.5 Å². The number of methoxy groups -OCH3 is 6. The van der Waals surface area contributed by atoms with E-state index in [1.807, 2.05) is 12.1 Å². The van der Waals surface area contributed by atoms with Crippen molar-refractivity contribution in [3.63, 3.8) is 0 Å². The normalized spacial score (nSPS) is 24.0. The Morgan fingerprint density at radius 2 is 1.61 bits per heavy atom. The van der Waals surface area contributed by atoms with Crippen LogP contribution in [0, 0.1) is 17.8 Å². The van der Waals surface area contributed by atoms with E-state index >= 15 is 0 Å². The average molecular weight is 727 g/mol. The van der Waals surface area contributed by atoms with E-state index in [2.05, 4.69) is 29.1 Å². The smallest absolute Gasteiger partial charge is 0.338 e. The van der Waals surface area contributed by atoms with Crippen molar-refractivity contribution in [1.29, 1.82) is 0 Å². The van der Waals surface area contributed by atoms with Gasteiger partial charge in [0, 0.05) is 53.7 Å². The molecular formula is C37H46N2O11S. The van der Waals surface area contributed by atoms with Gasteiger partial charge in [0.2, 0.25) is 5.75 Å². The lowest BCUT2D eigenvalue weighted by Crippen LogP contribution is -2.58. The van der Waals surface area contributed by atoms with Crippen molar-refractivity contribution < 1.29 is 51.2 Å². The van der Waals surface area contributed by atoms with Gasteiger partial charge in [-0.15, -0.1) is 0 Å². The van der Waals surface area contributed by atoms with Crippen molar-refractivity contribution in [2.45, 2.75) is 37.5 Å². The predicted octanol–water partition coefficient (Wildman–Crippen LogP) is 4.86. The number of ether oxygens (including phenoxy) is 7. The first-order valence-corrected chi connectivity index (χ1v) is 18.1. The van der Waals surface area contributed by atoms with Gasteiger partial charge in [-0.1, -0.05) is 13.2 Å². The van der Waals surface area contributed by atoms with Crippen LogP contribution >= 0.6 is 0 Å². The van der Waals surface area contributed by atoms with E-state index in [9.17, 15) is 18.0 Å². The second-order valence-corrected chi connectivity index (χ2v) is 14.5. The van der Waals surface area contributed by atoms with Gasteiger partial charge >= 0.3 is 11.9 Å². The minimum absolute atomic E-state index is 0.0170. The minimum Gasteiger partial charge on any atom is -0.497 e. The van der Waals surface area contributed by atoms with Crippen molar-refractivity contribution in [2.75, 3.05) is 55.7 Å². The number of aromatic nitrogens is 1. The number of hydrogen-bond donors (Lipinski definition) is 1. The highest BCUT2D eigenvalue weighted by atomic mass is 32.2. The number of carbonyl (C=O) groups excluding carboxylic acids is 2. The molecule has 3 aromatic rings. The fourth-order valence-corrected chi connectivity index (χ4v) is 7.97. The van der Waals surface area contributed by atoms with Crippen LogP contribution in [0.5, 0.6) is 23.0 Å². The Bertz CT molecular complexity index is 1850. The topological polar surface area (TPSA) is 152 Å². The Balaban J connectivity index is 0.000000654. The molecule has 2 aliphatic heterocycles. The number of H-pyrrole nitrogens is 1. The van der Waals surface area contributed by atoms with Crippen LogP contribution in [0.25, 0.3) is 10.9 Å². The molecule has 1 aromatic heterocycles. The Morgan fingerprint density at radius 1 is 0.922 bits per heavy atom. The molecule has 1 aliphatic carbocycles. The number of sulfone groups is 1. The molecular weight excluding hydrogens is 680 g/mol. The molecule has 6 rings (SSSR count). The summed E-state index contributed by atoms with van der Waals surface area (Å²) in [6.45, 7) is 7.77. The SMILES string of the molecule is C=CS(=O)(=O)C=C.COC(=O)[C@H]1[C@H]2C[C@@H]3c4[nH]c5cc(OC)ccc5c4CCN3C[C@H]2C[C@@H](OC(=O)c2cc(OC)c(OC)c(OC)c2)[C@@H]1OC. The van der Waals surface area contributed by atoms with E-state index in [1.165, 1.54) is 45.1 Å². The van der Waals surface area contributed by atoms with Gasteiger partial charge in [-0.3, -0.25) is 9.69 Å².